The van der Waals surface area contributed by atoms with Crippen molar-refractivity contribution in [2.75, 3.05) is 13.2 Å². The molecule has 5 heteroatoms. The van der Waals surface area contributed by atoms with E-state index >= 15 is 0 Å². The molecule has 0 bridgehead atoms. The maximum atomic E-state index is 10.6. The molecule has 2 atom stereocenters. The van der Waals surface area contributed by atoms with E-state index in [0.29, 0.717) is 0 Å². The van der Waals surface area contributed by atoms with Crippen LogP contribution in [0, 0.1) is 0 Å². The predicted octanol–water partition coefficient (Wildman–Crippen LogP) is -0.733. The van der Waals surface area contributed by atoms with Gasteiger partial charge < -0.3 is 15.7 Å². The minimum atomic E-state index is -0.0304. The number of nitrogens with one attached hydrogen (secondary N) is 2. The summed E-state index contributed by atoms with van der Waals surface area (Å²) in [4.78, 5) is 10.6. The van der Waals surface area contributed by atoms with Gasteiger partial charge in [0, 0.05) is 13.0 Å². The molecule has 1 fully saturated rings. The Kier molecular flexibility index (Phi) is 5.20. The maximum Gasteiger partial charge on any atom is 0.217 e. The number of hydrogen-bond acceptors (Lipinski definition) is 3. The van der Waals surface area contributed by atoms with Crippen LogP contribution in [0.5, 0.6) is 0 Å². The van der Waals surface area contributed by atoms with Crippen LogP contribution in [-0.4, -0.2) is 36.2 Å². The van der Waals surface area contributed by atoms with Crippen molar-refractivity contribution in [3.05, 3.63) is 0 Å². The van der Waals surface area contributed by atoms with Crippen molar-refractivity contribution in [2.24, 2.45) is 0 Å². The second-order valence-electron chi connectivity index (χ2n) is 2.84. The van der Waals surface area contributed by atoms with E-state index in [1.807, 2.05) is 0 Å². The van der Waals surface area contributed by atoms with E-state index in [1.54, 1.807) is 0 Å². The second kappa shape index (κ2) is 5.35. The van der Waals surface area contributed by atoms with E-state index in [1.165, 1.54) is 6.92 Å². The van der Waals surface area contributed by atoms with Crippen LogP contribution in [0.4, 0.5) is 0 Å². The Morgan fingerprint density at radius 3 is 2.92 bits per heavy atom. The monoisotopic (exact) mass is 194 g/mol. The predicted molar refractivity (Wildman–Crippen MR) is 48.3 cm³/mol. The highest BCUT2D eigenvalue weighted by Crippen LogP contribution is 2.05. The summed E-state index contributed by atoms with van der Waals surface area (Å²) in [5, 5.41) is 14.7. The fourth-order valence-corrected chi connectivity index (χ4v) is 1.39. The summed E-state index contributed by atoms with van der Waals surface area (Å²) in [7, 11) is 0. The number of amides is 1. The SMILES string of the molecule is CC(=O)N[C@@H]1CCN[C@@H]1CO.Cl. The van der Waals surface area contributed by atoms with Crippen molar-refractivity contribution in [3.63, 3.8) is 0 Å². The zero-order valence-corrected chi connectivity index (χ0v) is 7.86. The summed E-state index contributed by atoms with van der Waals surface area (Å²) < 4.78 is 0. The van der Waals surface area contributed by atoms with Crippen LogP contribution >= 0.6 is 12.4 Å². The zero-order valence-electron chi connectivity index (χ0n) is 7.04. The fraction of sp³-hybridized carbons (Fsp3) is 0.857. The fourth-order valence-electron chi connectivity index (χ4n) is 1.39. The van der Waals surface area contributed by atoms with Gasteiger partial charge in [-0.3, -0.25) is 4.79 Å². The standard InChI is InChI=1S/C7H14N2O2.ClH/c1-5(11)9-6-2-3-8-7(6)4-10;/h6-8,10H,2-4H2,1H3,(H,9,11);1H/t6-,7-;/m1./s1. The molecular formula is C7H15ClN2O2. The van der Waals surface area contributed by atoms with Gasteiger partial charge in [-0.15, -0.1) is 12.4 Å². The normalized spacial score (nSPS) is 27.8. The summed E-state index contributed by atoms with van der Waals surface area (Å²) in [6.45, 7) is 2.45. The van der Waals surface area contributed by atoms with Crippen molar-refractivity contribution in [1.82, 2.24) is 10.6 Å². The molecule has 4 nitrogen and oxygen atoms in total. The Morgan fingerprint density at radius 1 is 1.75 bits per heavy atom. The van der Waals surface area contributed by atoms with Gasteiger partial charge in [-0.25, -0.2) is 0 Å². The van der Waals surface area contributed by atoms with Crippen molar-refractivity contribution < 1.29 is 9.90 Å². The lowest BCUT2D eigenvalue weighted by molar-refractivity contribution is -0.119. The van der Waals surface area contributed by atoms with Crippen molar-refractivity contribution in [3.8, 4) is 0 Å². The van der Waals surface area contributed by atoms with E-state index < -0.39 is 0 Å². The van der Waals surface area contributed by atoms with Crippen molar-refractivity contribution in [2.45, 2.75) is 25.4 Å². The van der Waals surface area contributed by atoms with Crippen LogP contribution in [0.15, 0.2) is 0 Å². The Labute approximate surface area is 78.1 Å². The highest BCUT2D eigenvalue weighted by molar-refractivity contribution is 5.85. The summed E-state index contributed by atoms with van der Waals surface area (Å²) in [6, 6.07) is 0.149. The lowest BCUT2D eigenvalue weighted by Crippen LogP contribution is -2.44. The first-order chi connectivity index (χ1) is 5.24. The molecule has 0 spiro atoms. The average Bonchev–Trinajstić information content (AvgIpc) is 2.34. The van der Waals surface area contributed by atoms with E-state index in [2.05, 4.69) is 10.6 Å². The summed E-state index contributed by atoms with van der Waals surface area (Å²) in [6.07, 6.45) is 0.908. The molecule has 0 aromatic heterocycles. The summed E-state index contributed by atoms with van der Waals surface area (Å²) >= 11 is 0. The van der Waals surface area contributed by atoms with Crippen LogP contribution in [0.25, 0.3) is 0 Å². The molecule has 0 unspecified atom stereocenters. The zero-order chi connectivity index (χ0) is 8.27. The molecule has 1 aliphatic heterocycles. The Hall–Kier alpha value is -0.320. The molecule has 1 heterocycles. The molecule has 1 saturated heterocycles. The number of halogens is 1. The number of hydrogen-bond donors (Lipinski definition) is 3. The van der Waals surface area contributed by atoms with E-state index in [0.717, 1.165) is 13.0 Å². The van der Waals surface area contributed by atoms with E-state index in [9.17, 15) is 4.79 Å². The Morgan fingerprint density at radius 2 is 2.42 bits per heavy atom. The van der Waals surface area contributed by atoms with Gasteiger partial charge in [-0.2, -0.15) is 0 Å². The largest absolute Gasteiger partial charge is 0.395 e. The highest BCUT2D eigenvalue weighted by atomic mass is 35.5. The number of aliphatic hydroxyl groups excluding tert-OH is 1. The first-order valence-electron chi connectivity index (χ1n) is 3.85. The lowest BCUT2D eigenvalue weighted by Gasteiger charge is -2.17. The highest BCUT2D eigenvalue weighted by Gasteiger charge is 2.26. The first kappa shape index (κ1) is 11.7. The van der Waals surface area contributed by atoms with Crippen LogP contribution in [0.3, 0.4) is 0 Å². The van der Waals surface area contributed by atoms with Gasteiger partial charge >= 0.3 is 0 Å². The molecule has 72 valence electrons. The molecular weight excluding hydrogens is 180 g/mol. The van der Waals surface area contributed by atoms with Gasteiger partial charge in [0.25, 0.3) is 0 Å². The van der Waals surface area contributed by atoms with Gasteiger partial charge in [0.05, 0.1) is 12.6 Å². The van der Waals surface area contributed by atoms with Crippen LogP contribution in [0.2, 0.25) is 0 Å². The third-order valence-electron chi connectivity index (χ3n) is 1.93. The molecule has 1 rings (SSSR count). The first-order valence-corrected chi connectivity index (χ1v) is 3.85. The van der Waals surface area contributed by atoms with E-state index in [4.69, 9.17) is 5.11 Å². The summed E-state index contributed by atoms with van der Waals surface area (Å²) in [5.41, 5.74) is 0. The number of carbonyl (C=O) groups is 1. The minimum absolute atomic E-state index is 0. The van der Waals surface area contributed by atoms with Gasteiger partial charge in [-0.1, -0.05) is 0 Å². The summed E-state index contributed by atoms with van der Waals surface area (Å²) in [5.74, 6) is -0.0304. The third-order valence-corrected chi connectivity index (χ3v) is 1.93. The Bertz CT molecular complexity index is 154. The van der Waals surface area contributed by atoms with Gasteiger partial charge in [0.1, 0.15) is 0 Å². The second-order valence-corrected chi connectivity index (χ2v) is 2.84. The van der Waals surface area contributed by atoms with Crippen molar-refractivity contribution >= 4 is 18.3 Å². The smallest absolute Gasteiger partial charge is 0.217 e. The molecule has 0 aromatic carbocycles. The number of carbonyl (C=O) groups excluding carboxylic acids is 1. The molecule has 0 aliphatic carbocycles. The van der Waals surface area contributed by atoms with Crippen LogP contribution in [0.1, 0.15) is 13.3 Å². The van der Waals surface area contributed by atoms with E-state index in [-0.39, 0.29) is 37.0 Å². The van der Waals surface area contributed by atoms with Gasteiger partial charge in [0.2, 0.25) is 5.91 Å². The number of rotatable bonds is 2. The van der Waals surface area contributed by atoms with Gasteiger partial charge in [-0.05, 0) is 13.0 Å². The third kappa shape index (κ3) is 2.97. The van der Waals surface area contributed by atoms with Crippen molar-refractivity contribution in [1.29, 1.82) is 0 Å². The van der Waals surface area contributed by atoms with Crippen LogP contribution < -0.4 is 10.6 Å². The van der Waals surface area contributed by atoms with Crippen LogP contribution in [-0.2, 0) is 4.79 Å². The quantitative estimate of drug-likeness (QED) is 0.543. The molecule has 1 amide bonds. The molecule has 0 aromatic rings. The number of aliphatic hydroxyl groups is 1. The molecule has 1 aliphatic rings. The Balaban J connectivity index is 0.00000121. The molecule has 3 N–H and O–H groups in total. The maximum absolute atomic E-state index is 10.6. The average molecular weight is 195 g/mol. The topological polar surface area (TPSA) is 61.4 Å². The molecule has 0 radical (unpaired) electrons. The molecule has 12 heavy (non-hydrogen) atoms. The molecule has 0 saturated carbocycles. The van der Waals surface area contributed by atoms with Gasteiger partial charge in [0.15, 0.2) is 0 Å². The minimum Gasteiger partial charge on any atom is -0.395 e. The lowest BCUT2D eigenvalue weighted by atomic mass is 10.1.